The molecule has 0 unspecified atom stereocenters. The number of carboxylic acids is 1. The summed E-state index contributed by atoms with van der Waals surface area (Å²) in [6, 6.07) is 1.12. The van der Waals surface area contributed by atoms with Crippen molar-refractivity contribution < 1.29 is 29.6 Å². The smallest absolute Gasteiger partial charge is 0.350 e. The fourth-order valence-electron chi connectivity index (χ4n) is 1.09. The summed E-state index contributed by atoms with van der Waals surface area (Å²) in [5.41, 5.74) is -1.82. The van der Waals surface area contributed by atoms with Crippen LogP contribution in [0.4, 0.5) is 11.4 Å². The van der Waals surface area contributed by atoms with Gasteiger partial charge in [-0.3, -0.25) is 20.2 Å². The van der Waals surface area contributed by atoms with Gasteiger partial charge < -0.3 is 14.9 Å². The maximum absolute atomic E-state index is 10.6. The van der Waals surface area contributed by atoms with Crippen molar-refractivity contribution in [2.75, 3.05) is 6.61 Å². The number of nitro benzene ring substituents is 2. The molecular formula is C8H6N2O8. The topological polar surface area (TPSA) is 153 Å². The summed E-state index contributed by atoms with van der Waals surface area (Å²) in [7, 11) is 0. The molecule has 0 aliphatic carbocycles. The van der Waals surface area contributed by atoms with Gasteiger partial charge in [-0.15, -0.1) is 0 Å². The Morgan fingerprint density at radius 3 is 2.17 bits per heavy atom. The number of carbonyl (C=O) groups is 1. The van der Waals surface area contributed by atoms with Crippen molar-refractivity contribution in [1.82, 2.24) is 0 Å². The highest BCUT2D eigenvalue weighted by Gasteiger charge is 2.27. The summed E-state index contributed by atoms with van der Waals surface area (Å²) >= 11 is 0. The number of hydrogen-bond donors (Lipinski definition) is 2. The van der Waals surface area contributed by atoms with E-state index >= 15 is 0 Å². The van der Waals surface area contributed by atoms with Gasteiger partial charge in [-0.25, -0.2) is 4.79 Å². The second-order valence-electron chi connectivity index (χ2n) is 3.01. The quantitative estimate of drug-likeness (QED) is 0.576. The lowest BCUT2D eigenvalue weighted by Crippen LogP contribution is -2.10. The summed E-state index contributed by atoms with van der Waals surface area (Å²) in [5, 5.41) is 38.7. The van der Waals surface area contributed by atoms with Gasteiger partial charge >= 0.3 is 17.3 Å². The summed E-state index contributed by atoms with van der Waals surface area (Å²) in [5.74, 6) is -2.64. The first kappa shape index (κ1) is 13.2. The van der Waals surface area contributed by atoms with E-state index in [0.29, 0.717) is 12.1 Å². The summed E-state index contributed by atoms with van der Waals surface area (Å²) < 4.78 is 4.55. The third kappa shape index (κ3) is 2.81. The molecular weight excluding hydrogens is 252 g/mol. The van der Waals surface area contributed by atoms with Gasteiger partial charge in [0.05, 0.1) is 22.0 Å². The molecule has 1 aromatic rings. The molecule has 0 spiro atoms. The lowest BCUT2D eigenvalue weighted by atomic mass is 10.2. The Hall–Kier alpha value is -2.91. The van der Waals surface area contributed by atoms with Crippen molar-refractivity contribution in [2.45, 2.75) is 0 Å². The zero-order chi connectivity index (χ0) is 13.9. The molecule has 2 N–H and O–H groups in total. The Morgan fingerprint density at radius 1 is 1.22 bits per heavy atom. The number of benzene rings is 1. The van der Waals surface area contributed by atoms with Crippen LogP contribution in [-0.4, -0.2) is 32.6 Å². The molecule has 96 valence electrons. The normalized spacial score (nSPS) is 9.78. The summed E-state index contributed by atoms with van der Waals surface area (Å²) in [4.78, 5) is 29.2. The molecule has 0 fully saturated rings. The van der Waals surface area contributed by atoms with Crippen molar-refractivity contribution in [3.05, 3.63) is 32.4 Å². The van der Waals surface area contributed by atoms with Crippen LogP contribution in [0.25, 0.3) is 0 Å². The average Bonchev–Trinajstić information content (AvgIpc) is 2.26. The Bertz CT molecular complexity index is 526. The highest BCUT2D eigenvalue weighted by atomic mass is 16.6. The molecule has 0 saturated carbocycles. The summed E-state index contributed by atoms with van der Waals surface area (Å²) in [6.07, 6.45) is 0. The average molecular weight is 258 g/mol. The number of ether oxygens (including phenoxy) is 1. The molecule has 0 heterocycles. The maximum atomic E-state index is 10.6. The van der Waals surface area contributed by atoms with Crippen molar-refractivity contribution in [3.63, 3.8) is 0 Å². The van der Waals surface area contributed by atoms with Gasteiger partial charge in [-0.1, -0.05) is 0 Å². The first-order valence-corrected chi connectivity index (χ1v) is 4.33. The van der Waals surface area contributed by atoms with E-state index in [9.17, 15) is 30.1 Å². The van der Waals surface area contributed by atoms with Crippen LogP contribution in [0.3, 0.4) is 0 Å². The van der Waals surface area contributed by atoms with E-state index in [0.717, 1.165) is 0 Å². The molecule has 1 rings (SSSR count). The van der Waals surface area contributed by atoms with E-state index in [-0.39, 0.29) is 0 Å². The largest absolute Gasteiger partial charge is 0.504 e. The first-order chi connectivity index (χ1) is 8.32. The van der Waals surface area contributed by atoms with E-state index in [1.54, 1.807) is 0 Å². The van der Waals surface area contributed by atoms with Gasteiger partial charge in [0.1, 0.15) is 0 Å². The van der Waals surface area contributed by atoms with E-state index < -0.39 is 45.3 Å². The van der Waals surface area contributed by atoms with Crippen molar-refractivity contribution in [3.8, 4) is 11.5 Å². The second-order valence-corrected chi connectivity index (χ2v) is 3.01. The molecule has 0 aliphatic heterocycles. The number of aliphatic carboxylic acids is 1. The predicted molar refractivity (Wildman–Crippen MR) is 54.5 cm³/mol. The maximum Gasteiger partial charge on any atom is 0.350 e. The third-order valence-corrected chi connectivity index (χ3v) is 1.80. The van der Waals surface area contributed by atoms with Gasteiger partial charge in [0.2, 0.25) is 0 Å². The number of nitro groups is 2. The van der Waals surface area contributed by atoms with Crippen molar-refractivity contribution in [1.29, 1.82) is 0 Å². The van der Waals surface area contributed by atoms with Crippen molar-refractivity contribution >= 4 is 17.3 Å². The monoisotopic (exact) mass is 258 g/mol. The SMILES string of the molecule is O=C(O)COc1cc([N+](=O)[O-])c([N+](=O)[O-])cc1O. The third-order valence-electron chi connectivity index (χ3n) is 1.80. The van der Waals surface area contributed by atoms with Gasteiger partial charge in [-0.05, 0) is 0 Å². The highest BCUT2D eigenvalue weighted by Crippen LogP contribution is 2.38. The fraction of sp³-hybridized carbons (Fsp3) is 0.125. The predicted octanol–water partition coefficient (Wildman–Crippen LogP) is 0.672. The van der Waals surface area contributed by atoms with Crippen LogP contribution < -0.4 is 4.74 Å². The fourth-order valence-corrected chi connectivity index (χ4v) is 1.09. The Morgan fingerprint density at radius 2 is 1.72 bits per heavy atom. The molecule has 10 heteroatoms. The minimum absolute atomic E-state index is 0.519. The molecule has 0 radical (unpaired) electrons. The van der Waals surface area contributed by atoms with Crippen LogP contribution in [0.15, 0.2) is 12.1 Å². The number of nitrogens with zero attached hydrogens (tertiary/aromatic N) is 2. The van der Waals surface area contributed by atoms with E-state index in [1.807, 2.05) is 0 Å². The second kappa shape index (κ2) is 4.95. The van der Waals surface area contributed by atoms with Crippen LogP contribution in [0.1, 0.15) is 0 Å². The van der Waals surface area contributed by atoms with Gasteiger partial charge in [-0.2, -0.15) is 0 Å². The molecule has 0 saturated heterocycles. The van der Waals surface area contributed by atoms with Crippen molar-refractivity contribution in [2.24, 2.45) is 0 Å². The number of rotatable bonds is 5. The first-order valence-electron chi connectivity index (χ1n) is 4.33. The van der Waals surface area contributed by atoms with E-state index in [2.05, 4.69) is 4.74 Å². The highest BCUT2D eigenvalue weighted by molar-refractivity contribution is 5.69. The molecule has 0 bridgehead atoms. The van der Waals surface area contributed by atoms with E-state index in [4.69, 9.17) is 5.11 Å². The number of phenols is 1. The lowest BCUT2D eigenvalue weighted by Gasteiger charge is -2.05. The van der Waals surface area contributed by atoms with Crippen LogP contribution in [0.2, 0.25) is 0 Å². The molecule has 0 aromatic heterocycles. The number of hydrogen-bond acceptors (Lipinski definition) is 7. The van der Waals surface area contributed by atoms with Crippen LogP contribution in [0, 0.1) is 20.2 Å². The van der Waals surface area contributed by atoms with Crippen LogP contribution in [-0.2, 0) is 4.79 Å². The van der Waals surface area contributed by atoms with Crippen LogP contribution in [0.5, 0.6) is 11.5 Å². The minimum atomic E-state index is -1.37. The lowest BCUT2D eigenvalue weighted by molar-refractivity contribution is -0.422. The molecule has 0 aliphatic rings. The zero-order valence-corrected chi connectivity index (χ0v) is 8.60. The molecule has 0 atom stereocenters. The van der Waals surface area contributed by atoms with E-state index in [1.165, 1.54) is 0 Å². The van der Waals surface area contributed by atoms with Gasteiger partial charge in [0.25, 0.3) is 0 Å². The molecule has 0 amide bonds. The number of phenolic OH excluding ortho intramolecular Hbond substituents is 1. The molecule has 1 aromatic carbocycles. The Balaban J connectivity index is 3.23. The van der Waals surface area contributed by atoms with Crippen LogP contribution >= 0.6 is 0 Å². The molecule has 18 heavy (non-hydrogen) atoms. The minimum Gasteiger partial charge on any atom is -0.504 e. The number of carboxylic acid groups (broad SMARTS) is 1. The Labute approximate surface area is 98.3 Å². The Kier molecular flexibility index (Phi) is 3.62. The summed E-state index contributed by atoms with van der Waals surface area (Å²) in [6.45, 7) is -0.845. The standard InChI is InChI=1S/C8H6N2O8/c11-6-1-4(9(14)15)5(10(16)17)2-7(6)18-3-8(12)13/h1-2,11H,3H2,(H,12,13). The molecule has 10 nitrogen and oxygen atoms in total. The van der Waals surface area contributed by atoms with Gasteiger partial charge in [0.15, 0.2) is 18.1 Å². The number of aromatic hydroxyl groups is 1. The van der Waals surface area contributed by atoms with Gasteiger partial charge in [0, 0.05) is 0 Å². The zero-order valence-electron chi connectivity index (χ0n) is 8.60.